The van der Waals surface area contributed by atoms with Gasteiger partial charge in [0.05, 0.1) is 12.7 Å². The molecule has 2 aliphatic heterocycles. The van der Waals surface area contributed by atoms with Gasteiger partial charge in [-0.1, -0.05) is 0 Å². The molecule has 0 unspecified atom stereocenters. The molecule has 10 heavy (non-hydrogen) atoms. The first-order valence-corrected chi connectivity index (χ1v) is 3.14. The summed E-state index contributed by atoms with van der Waals surface area (Å²) in [6.45, 7) is 1.73. The SMILES string of the molecule is C1=C(N2[N]CCN2)NNN1. The molecule has 2 rings (SSSR count). The monoisotopic (exact) mass is 141 g/mol. The Kier molecular flexibility index (Phi) is 1.35. The van der Waals surface area contributed by atoms with Gasteiger partial charge in [-0.2, -0.15) is 0 Å². The highest BCUT2D eigenvalue weighted by Gasteiger charge is 2.16. The molecule has 0 atom stereocenters. The number of nitrogens with zero attached hydrogens (tertiary/aromatic N) is 2. The summed E-state index contributed by atoms with van der Waals surface area (Å²) >= 11 is 0. The topological polar surface area (TPSA) is 65.5 Å². The highest BCUT2D eigenvalue weighted by molar-refractivity contribution is 4.97. The van der Waals surface area contributed by atoms with Crippen molar-refractivity contribution in [1.29, 1.82) is 0 Å². The molecule has 4 N–H and O–H groups in total. The van der Waals surface area contributed by atoms with E-state index in [1.165, 1.54) is 0 Å². The third kappa shape index (κ3) is 0.878. The smallest absolute Gasteiger partial charge is 0.167 e. The van der Waals surface area contributed by atoms with Crippen LogP contribution in [0.1, 0.15) is 0 Å². The van der Waals surface area contributed by atoms with Gasteiger partial charge in [-0.25, -0.2) is 10.5 Å². The van der Waals surface area contributed by atoms with E-state index in [1.54, 1.807) is 11.3 Å². The lowest BCUT2D eigenvalue weighted by Crippen LogP contribution is -2.41. The zero-order valence-electron chi connectivity index (χ0n) is 5.39. The Morgan fingerprint density at radius 1 is 1.60 bits per heavy atom. The fourth-order valence-corrected chi connectivity index (χ4v) is 0.872. The van der Waals surface area contributed by atoms with E-state index in [-0.39, 0.29) is 0 Å². The summed E-state index contributed by atoms with van der Waals surface area (Å²) in [5.41, 5.74) is 15.6. The molecule has 0 aromatic rings. The molecule has 1 fully saturated rings. The van der Waals surface area contributed by atoms with Gasteiger partial charge in [0.15, 0.2) is 5.82 Å². The Labute approximate surface area is 58.5 Å². The summed E-state index contributed by atoms with van der Waals surface area (Å²) < 4.78 is 0. The van der Waals surface area contributed by atoms with Crippen LogP contribution >= 0.6 is 0 Å². The van der Waals surface area contributed by atoms with Gasteiger partial charge in [0.25, 0.3) is 0 Å². The van der Waals surface area contributed by atoms with Gasteiger partial charge in [-0.05, 0) is 0 Å². The molecule has 6 heteroatoms. The maximum Gasteiger partial charge on any atom is 0.167 e. The summed E-state index contributed by atoms with van der Waals surface area (Å²) in [7, 11) is 0. The van der Waals surface area contributed by atoms with Crippen LogP contribution in [-0.4, -0.2) is 18.2 Å². The summed E-state index contributed by atoms with van der Waals surface area (Å²) in [4.78, 5) is 0. The minimum absolute atomic E-state index is 0.832. The molecule has 2 heterocycles. The molecule has 1 radical (unpaired) electrons. The second-order valence-corrected chi connectivity index (χ2v) is 2.01. The largest absolute Gasteiger partial charge is 0.307 e. The first-order valence-electron chi connectivity index (χ1n) is 3.14. The fourth-order valence-electron chi connectivity index (χ4n) is 0.872. The maximum atomic E-state index is 4.13. The van der Waals surface area contributed by atoms with Crippen molar-refractivity contribution in [3.05, 3.63) is 12.0 Å². The Morgan fingerprint density at radius 3 is 3.20 bits per heavy atom. The van der Waals surface area contributed by atoms with E-state index in [0.717, 1.165) is 18.9 Å². The molecule has 0 saturated carbocycles. The Morgan fingerprint density at radius 2 is 2.60 bits per heavy atom. The van der Waals surface area contributed by atoms with Crippen molar-refractivity contribution in [1.82, 2.24) is 32.4 Å². The van der Waals surface area contributed by atoms with Gasteiger partial charge in [0, 0.05) is 6.54 Å². The van der Waals surface area contributed by atoms with Gasteiger partial charge in [0.2, 0.25) is 0 Å². The van der Waals surface area contributed by atoms with E-state index in [2.05, 4.69) is 27.2 Å². The summed E-state index contributed by atoms with van der Waals surface area (Å²) in [5, 5.41) is 1.70. The summed E-state index contributed by atoms with van der Waals surface area (Å²) in [6, 6.07) is 0. The number of nitrogens with one attached hydrogen (secondary N) is 4. The zero-order chi connectivity index (χ0) is 6.81. The van der Waals surface area contributed by atoms with Crippen LogP contribution in [-0.2, 0) is 0 Å². The standard InChI is InChI=1S/C4H9N6/c1-2-7-10(6-1)4-3-5-9-8-4/h3,5-6,8-9H,1-2H2. The molecular formula is C4H9N6. The van der Waals surface area contributed by atoms with Crippen LogP contribution in [0.15, 0.2) is 12.0 Å². The van der Waals surface area contributed by atoms with E-state index in [9.17, 15) is 0 Å². The molecule has 1 saturated heterocycles. The van der Waals surface area contributed by atoms with Crippen LogP contribution in [0.2, 0.25) is 0 Å². The maximum absolute atomic E-state index is 4.13. The number of hydrogen-bond acceptors (Lipinski definition) is 5. The van der Waals surface area contributed by atoms with Gasteiger partial charge in [-0.3, -0.25) is 5.43 Å². The van der Waals surface area contributed by atoms with Crippen LogP contribution < -0.4 is 27.2 Å². The fraction of sp³-hybridized carbons (Fsp3) is 0.500. The van der Waals surface area contributed by atoms with Crippen molar-refractivity contribution >= 4 is 0 Å². The Hall–Kier alpha value is -0.980. The number of rotatable bonds is 1. The lowest BCUT2D eigenvalue weighted by Gasteiger charge is -2.15. The summed E-state index contributed by atoms with van der Waals surface area (Å²) in [5.74, 6) is 0.887. The Bertz CT molecular complexity index is 148. The minimum Gasteiger partial charge on any atom is -0.307 e. The predicted octanol–water partition coefficient (Wildman–Crippen LogP) is -2.26. The highest BCUT2D eigenvalue weighted by atomic mass is 15.8. The molecule has 6 nitrogen and oxygen atoms in total. The zero-order valence-corrected chi connectivity index (χ0v) is 5.39. The molecule has 0 bridgehead atoms. The lowest BCUT2D eigenvalue weighted by molar-refractivity contribution is 0.218. The molecule has 0 aromatic carbocycles. The predicted molar refractivity (Wildman–Crippen MR) is 34.3 cm³/mol. The number of hydrazine groups is 3. The van der Waals surface area contributed by atoms with Gasteiger partial charge in [-0.15, -0.1) is 11.0 Å². The van der Waals surface area contributed by atoms with E-state index in [0.29, 0.717) is 0 Å². The highest BCUT2D eigenvalue weighted by Crippen LogP contribution is 1.97. The lowest BCUT2D eigenvalue weighted by atomic mass is 10.7. The second kappa shape index (κ2) is 2.33. The second-order valence-electron chi connectivity index (χ2n) is 2.01. The molecule has 0 amide bonds. The molecule has 0 aliphatic carbocycles. The van der Waals surface area contributed by atoms with Gasteiger partial charge in [0.1, 0.15) is 0 Å². The third-order valence-electron chi connectivity index (χ3n) is 1.31. The van der Waals surface area contributed by atoms with Crippen molar-refractivity contribution in [2.24, 2.45) is 0 Å². The van der Waals surface area contributed by atoms with Crippen molar-refractivity contribution < 1.29 is 0 Å². The minimum atomic E-state index is 0.832. The van der Waals surface area contributed by atoms with Crippen molar-refractivity contribution in [2.75, 3.05) is 13.1 Å². The average molecular weight is 141 g/mol. The Balaban J connectivity index is 1.97. The van der Waals surface area contributed by atoms with Crippen molar-refractivity contribution in [3.63, 3.8) is 0 Å². The van der Waals surface area contributed by atoms with E-state index >= 15 is 0 Å². The first-order chi connectivity index (χ1) is 4.97. The van der Waals surface area contributed by atoms with Crippen LogP contribution in [0.25, 0.3) is 0 Å². The van der Waals surface area contributed by atoms with Crippen LogP contribution in [0.5, 0.6) is 0 Å². The molecule has 2 aliphatic rings. The first kappa shape index (κ1) is 5.78. The third-order valence-corrected chi connectivity index (χ3v) is 1.31. The normalized spacial score (nSPS) is 24.0. The molecular weight excluding hydrogens is 132 g/mol. The van der Waals surface area contributed by atoms with E-state index < -0.39 is 0 Å². The van der Waals surface area contributed by atoms with Crippen LogP contribution in [0.3, 0.4) is 0 Å². The summed E-state index contributed by atoms with van der Waals surface area (Å²) in [6.07, 6.45) is 1.79. The van der Waals surface area contributed by atoms with Crippen LogP contribution in [0.4, 0.5) is 0 Å². The number of hydrogen-bond donors (Lipinski definition) is 4. The van der Waals surface area contributed by atoms with E-state index in [1.807, 2.05) is 0 Å². The average Bonchev–Trinajstić information content (AvgIpc) is 2.59. The van der Waals surface area contributed by atoms with Gasteiger partial charge >= 0.3 is 0 Å². The van der Waals surface area contributed by atoms with Gasteiger partial charge < -0.3 is 5.43 Å². The van der Waals surface area contributed by atoms with Crippen molar-refractivity contribution in [2.45, 2.75) is 0 Å². The van der Waals surface area contributed by atoms with Crippen LogP contribution in [0, 0.1) is 0 Å². The molecule has 0 spiro atoms. The quantitative estimate of drug-likeness (QED) is 0.332. The van der Waals surface area contributed by atoms with E-state index in [4.69, 9.17) is 0 Å². The molecule has 0 aromatic heterocycles. The van der Waals surface area contributed by atoms with Crippen molar-refractivity contribution in [3.8, 4) is 0 Å². The molecule has 55 valence electrons.